The Labute approximate surface area is 174 Å². The van der Waals surface area contributed by atoms with Crippen molar-refractivity contribution in [3.8, 4) is 0 Å². The maximum atomic E-state index is 6.20. The molecule has 0 saturated heterocycles. The summed E-state index contributed by atoms with van der Waals surface area (Å²) in [7, 11) is 0. The standard InChI is InChI=1S/C20H22Cl2N4S/c21-15-1-2-16(22)17(8-15)23-19(27)24-18-3-4-26(25-18)20-9-12-5-13(10-20)7-14(6-12)11-20/h1-4,8,12-14H,5-7,9-11H2,(H2,23,24,25,27). The Kier molecular flexibility index (Phi) is 4.37. The molecule has 1 aromatic heterocycles. The summed E-state index contributed by atoms with van der Waals surface area (Å²) in [6, 6.07) is 7.26. The fourth-order valence-corrected chi connectivity index (χ4v) is 6.41. The van der Waals surface area contributed by atoms with Gasteiger partial charge in [0, 0.05) is 17.3 Å². The summed E-state index contributed by atoms with van der Waals surface area (Å²) in [5.41, 5.74) is 0.905. The van der Waals surface area contributed by atoms with Crippen LogP contribution in [0.1, 0.15) is 38.5 Å². The van der Waals surface area contributed by atoms with Crippen molar-refractivity contribution in [2.24, 2.45) is 17.8 Å². The fourth-order valence-electron chi connectivity index (χ4n) is 5.86. The number of aromatic nitrogens is 2. The van der Waals surface area contributed by atoms with Crippen molar-refractivity contribution in [2.75, 3.05) is 10.6 Å². The average molecular weight is 421 g/mol. The van der Waals surface area contributed by atoms with Crippen LogP contribution < -0.4 is 10.6 Å². The Balaban J connectivity index is 1.30. The molecule has 4 saturated carbocycles. The zero-order valence-electron chi connectivity index (χ0n) is 14.9. The van der Waals surface area contributed by atoms with Crippen molar-refractivity contribution in [3.05, 3.63) is 40.5 Å². The molecule has 0 atom stereocenters. The average Bonchev–Trinajstić information content (AvgIpc) is 3.06. The topological polar surface area (TPSA) is 41.9 Å². The van der Waals surface area contributed by atoms with Gasteiger partial charge in [-0.25, -0.2) is 0 Å². The maximum absolute atomic E-state index is 6.20. The van der Waals surface area contributed by atoms with Gasteiger partial charge in [-0.2, -0.15) is 5.10 Å². The van der Waals surface area contributed by atoms with E-state index in [1.165, 1.54) is 38.5 Å². The molecule has 2 N–H and O–H groups in total. The SMILES string of the molecule is S=C(Nc1ccn(C23CC4CC(CC(C4)C2)C3)n1)Nc1cc(Cl)ccc1Cl. The molecule has 4 fully saturated rings. The first kappa shape index (κ1) is 17.8. The Morgan fingerprint density at radius 3 is 2.37 bits per heavy atom. The van der Waals surface area contributed by atoms with Gasteiger partial charge in [0.05, 0.1) is 16.2 Å². The molecular weight excluding hydrogens is 399 g/mol. The lowest BCUT2D eigenvalue weighted by molar-refractivity contribution is -0.0492. The van der Waals surface area contributed by atoms with E-state index in [-0.39, 0.29) is 5.54 Å². The molecule has 1 aromatic carbocycles. The second-order valence-electron chi connectivity index (χ2n) is 8.49. The molecule has 27 heavy (non-hydrogen) atoms. The molecule has 0 radical (unpaired) electrons. The minimum Gasteiger partial charge on any atom is -0.331 e. The van der Waals surface area contributed by atoms with Gasteiger partial charge < -0.3 is 10.6 Å². The number of rotatable bonds is 3. The molecule has 7 heteroatoms. The predicted octanol–water partition coefficient (Wildman–Crippen LogP) is 5.92. The Bertz CT molecular complexity index is 859. The van der Waals surface area contributed by atoms with Crippen molar-refractivity contribution in [1.82, 2.24) is 9.78 Å². The normalized spacial score (nSPS) is 31.1. The molecule has 0 spiro atoms. The van der Waals surface area contributed by atoms with Crippen LogP contribution in [-0.4, -0.2) is 14.9 Å². The van der Waals surface area contributed by atoms with Crippen molar-refractivity contribution in [1.29, 1.82) is 0 Å². The van der Waals surface area contributed by atoms with Crippen LogP contribution in [0.3, 0.4) is 0 Å². The second-order valence-corrected chi connectivity index (χ2v) is 9.74. The van der Waals surface area contributed by atoms with E-state index in [2.05, 4.69) is 21.5 Å². The lowest BCUT2D eigenvalue weighted by Gasteiger charge is -2.56. The van der Waals surface area contributed by atoms with Gasteiger partial charge in [0.25, 0.3) is 0 Å². The van der Waals surface area contributed by atoms with Crippen molar-refractivity contribution >= 4 is 52.0 Å². The van der Waals surface area contributed by atoms with E-state index < -0.39 is 0 Å². The van der Waals surface area contributed by atoms with E-state index in [1.54, 1.807) is 18.2 Å². The highest BCUT2D eigenvalue weighted by Crippen LogP contribution is 2.58. The zero-order valence-corrected chi connectivity index (χ0v) is 17.2. The third-order valence-corrected chi connectivity index (χ3v) is 7.27. The summed E-state index contributed by atoms with van der Waals surface area (Å²) in [6.07, 6.45) is 10.2. The number of nitrogens with zero attached hydrogens (tertiary/aromatic N) is 2. The van der Waals surface area contributed by atoms with Gasteiger partial charge in [-0.15, -0.1) is 0 Å². The van der Waals surface area contributed by atoms with Crippen LogP contribution >= 0.6 is 35.4 Å². The lowest BCUT2D eigenvalue weighted by atomic mass is 9.53. The summed E-state index contributed by atoms with van der Waals surface area (Å²) >= 11 is 17.7. The first-order valence-corrected chi connectivity index (χ1v) is 10.7. The molecule has 4 aliphatic carbocycles. The molecule has 4 bridgehead atoms. The number of hydrogen-bond donors (Lipinski definition) is 2. The van der Waals surface area contributed by atoms with Crippen LogP contribution in [0.5, 0.6) is 0 Å². The number of thiocarbonyl (C=S) groups is 1. The number of benzene rings is 1. The highest BCUT2D eigenvalue weighted by atomic mass is 35.5. The minimum atomic E-state index is 0.222. The molecule has 0 aliphatic heterocycles. The third kappa shape index (κ3) is 3.34. The van der Waals surface area contributed by atoms with Gasteiger partial charge in [-0.1, -0.05) is 23.2 Å². The van der Waals surface area contributed by atoms with Crippen LogP contribution in [0.2, 0.25) is 10.0 Å². The highest BCUT2D eigenvalue weighted by molar-refractivity contribution is 7.80. The summed E-state index contributed by atoms with van der Waals surface area (Å²) in [6.45, 7) is 0. The summed E-state index contributed by atoms with van der Waals surface area (Å²) in [5, 5.41) is 12.7. The van der Waals surface area contributed by atoms with Crippen LogP contribution in [0.25, 0.3) is 0 Å². The molecule has 0 amide bonds. The molecular formula is C20H22Cl2N4S. The fraction of sp³-hybridized carbons (Fsp3) is 0.500. The van der Waals surface area contributed by atoms with Crippen LogP contribution in [0.15, 0.2) is 30.5 Å². The predicted molar refractivity (Wildman–Crippen MR) is 115 cm³/mol. The Hall–Kier alpha value is -1.30. The number of hydrogen-bond acceptors (Lipinski definition) is 2. The van der Waals surface area contributed by atoms with Crippen LogP contribution in [0.4, 0.5) is 11.5 Å². The minimum absolute atomic E-state index is 0.222. The van der Waals surface area contributed by atoms with Gasteiger partial charge in [-0.3, -0.25) is 4.68 Å². The third-order valence-electron chi connectivity index (χ3n) is 6.50. The van der Waals surface area contributed by atoms with E-state index in [9.17, 15) is 0 Å². The van der Waals surface area contributed by atoms with E-state index in [4.69, 9.17) is 40.5 Å². The zero-order chi connectivity index (χ0) is 18.6. The smallest absolute Gasteiger partial charge is 0.176 e. The largest absolute Gasteiger partial charge is 0.331 e. The quantitative estimate of drug-likeness (QED) is 0.604. The maximum Gasteiger partial charge on any atom is 0.176 e. The van der Waals surface area contributed by atoms with Crippen LogP contribution in [0, 0.1) is 17.8 Å². The number of halogens is 2. The van der Waals surface area contributed by atoms with Gasteiger partial charge in [0.1, 0.15) is 0 Å². The van der Waals surface area contributed by atoms with Crippen LogP contribution in [-0.2, 0) is 5.54 Å². The van der Waals surface area contributed by atoms with Gasteiger partial charge in [-0.05, 0) is 86.7 Å². The van der Waals surface area contributed by atoms with Crippen molar-refractivity contribution in [3.63, 3.8) is 0 Å². The Morgan fingerprint density at radius 1 is 1.04 bits per heavy atom. The second kappa shape index (κ2) is 6.64. The highest BCUT2D eigenvalue weighted by Gasteiger charge is 2.52. The number of nitrogens with one attached hydrogen (secondary N) is 2. The van der Waals surface area contributed by atoms with Gasteiger partial charge in [0.15, 0.2) is 10.9 Å². The molecule has 142 valence electrons. The summed E-state index contributed by atoms with van der Waals surface area (Å²) < 4.78 is 2.22. The molecule has 4 aliphatic rings. The van der Waals surface area contributed by atoms with E-state index in [1.807, 2.05) is 6.07 Å². The van der Waals surface area contributed by atoms with Gasteiger partial charge >= 0.3 is 0 Å². The molecule has 1 heterocycles. The lowest BCUT2D eigenvalue weighted by Crippen LogP contribution is -2.52. The van der Waals surface area contributed by atoms with E-state index >= 15 is 0 Å². The van der Waals surface area contributed by atoms with Crippen molar-refractivity contribution < 1.29 is 0 Å². The van der Waals surface area contributed by atoms with E-state index in [0.717, 1.165) is 23.6 Å². The molecule has 2 aromatic rings. The van der Waals surface area contributed by atoms with E-state index in [0.29, 0.717) is 20.8 Å². The summed E-state index contributed by atoms with van der Waals surface area (Å²) in [4.78, 5) is 0. The number of anilines is 2. The summed E-state index contributed by atoms with van der Waals surface area (Å²) in [5.74, 6) is 3.44. The molecule has 6 rings (SSSR count). The van der Waals surface area contributed by atoms with Crippen molar-refractivity contribution in [2.45, 2.75) is 44.1 Å². The Morgan fingerprint density at radius 2 is 1.70 bits per heavy atom. The first-order chi connectivity index (χ1) is 13.0. The van der Waals surface area contributed by atoms with Gasteiger partial charge in [0.2, 0.25) is 0 Å². The molecule has 4 nitrogen and oxygen atoms in total. The first-order valence-electron chi connectivity index (χ1n) is 9.58. The monoisotopic (exact) mass is 420 g/mol. The molecule has 0 unspecified atom stereocenters.